The summed E-state index contributed by atoms with van der Waals surface area (Å²) in [5.41, 5.74) is 14.7. The quantitative estimate of drug-likeness (QED) is 0.706. The lowest BCUT2D eigenvalue weighted by Crippen LogP contribution is -2.03. The van der Waals surface area contributed by atoms with Gasteiger partial charge in [0, 0.05) is 16.8 Å². The normalized spacial score (nSPS) is 10.1. The number of nitriles is 1. The van der Waals surface area contributed by atoms with Crippen LogP contribution in [0.15, 0.2) is 54.6 Å². The molecule has 0 aliphatic heterocycles. The van der Waals surface area contributed by atoms with Crippen LogP contribution in [-0.4, -0.2) is 9.97 Å². The van der Waals surface area contributed by atoms with Crippen LogP contribution in [0, 0.1) is 11.3 Å². The average Bonchev–Trinajstić information content (AvgIpc) is 2.55. The number of aromatic nitrogens is 2. The molecule has 0 aliphatic carbocycles. The minimum Gasteiger partial charge on any atom is -0.399 e. The van der Waals surface area contributed by atoms with Crippen molar-refractivity contribution in [3.05, 3.63) is 60.2 Å². The van der Waals surface area contributed by atoms with E-state index in [0.29, 0.717) is 17.2 Å². The first-order valence-electron chi connectivity index (χ1n) is 6.68. The summed E-state index contributed by atoms with van der Waals surface area (Å²) in [7, 11) is 0. The van der Waals surface area contributed by atoms with Crippen molar-refractivity contribution in [1.29, 1.82) is 5.26 Å². The molecule has 2 aromatic carbocycles. The maximum Gasteiger partial charge on any atom is 0.162 e. The number of rotatable bonds is 2. The van der Waals surface area contributed by atoms with Crippen molar-refractivity contribution in [2.75, 3.05) is 11.5 Å². The smallest absolute Gasteiger partial charge is 0.162 e. The molecule has 0 unspecified atom stereocenters. The Morgan fingerprint density at radius 1 is 0.818 bits per heavy atom. The molecule has 106 valence electrons. The Balaban J connectivity index is 2.22. The number of anilines is 2. The largest absolute Gasteiger partial charge is 0.399 e. The Morgan fingerprint density at radius 3 is 2.14 bits per heavy atom. The lowest BCUT2D eigenvalue weighted by molar-refractivity contribution is 1.17. The van der Waals surface area contributed by atoms with Gasteiger partial charge in [-0.1, -0.05) is 42.5 Å². The second kappa shape index (κ2) is 5.54. The molecule has 3 rings (SSSR count). The summed E-state index contributed by atoms with van der Waals surface area (Å²) in [6.07, 6.45) is 0. The Kier molecular flexibility index (Phi) is 3.42. The van der Waals surface area contributed by atoms with E-state index in [-0.39, 0.29) is 11.4 Å². The highest BCUT2D eigenvalue weighted by molar-refractivity contribution is 5.75. The highest BCUT2D eigenvalue weighted by atomic mass is 15.0. The molecule has 5 heteroatoms. The molecule has 0 bridgehead atoms. The zero-order chi connectivity index (χ0) is 15.5. The molecule has 0 fully saturated rings. The fraction of sp³-hybridized carbons (Fsp3) is 0. The van der Waals surface area contributed by atoms with Crippen molar-refractivity contribution in [3.8, 4) is 28.7 Å². The van der Waals surface area contributed by atoms with Crippen LogP contribution < -0.4 is 11.5 Å². The van der Waals surface area contributed by atoms with Gasteiger partial charge < -0.3 is 11.5 Å². The van der Waals surface area contributed by atoms with E-state index in [2.05, 4.69) is 16.0 Å². The summed E-state index contributed by atoms with van der Waals surface area (Å²) >= 11 is 0. The van der Waals surface area contributed by atoms with Crippen molar-refractivity contribution in [1.82, 2.24) is 9.97 Å². The van der Waals surface area contributed by atoms with E-state index in [1.165, 1.54) is 0 Å². The van der Waals surface area contributed by atoms with Crippen LogP contribution in [0.1, 0.15) is 5.56 Å². The molecule has 5 nitrogen and oxygen atoms in total. The first kappa shape index (κ1) is 13.6. The van der Waals surface area contributed by atoms with Gasteiger partial charge in [-0.05, 0) is 12.1 Å². The molecule has 3 aromatic rings. The van der Waals surface area contributed by atoms with Gasteiger partial charge in [-0.15, -0.1) is 0 Å². The number of nitrogen functional groups attached to an aromatic ring is 2. The van der Waals surface area contributed by atoms with Crippen LogP contribution in [-0.2, 0) is 0 Å². The zero-order valence-corrected chi connectivity index (χ0v) is 11.7. The van der Waals surface area contributed by atoms with Gasteiger partial charge in [-0.25, -0.2) is 9.97 Å². The molecule has 0 saturated carbocycles. The number of hydrogen-bond acceptors (Lipinski definition) is 5. The molecule has 0 aliphatic rings. The summed E-state index contributed by atoms with van der Waals surface area (Å²) < 4.78 is 0. The van der Waals surface area contributed by atoms with E-state index < -0.39 is 0 Å². The zero-order valence-electron chi connectivity index (χ0n) is 11.7. The minimum absolute atomic E-state index is 0.170. The van der Waals surface area contributed by atoms with Gasteiger partial charge in [0.1, 0.15) is 17.5 Å². The Hall–Kier alpha value is -3.39. The van der Waals surface area contributed by atoms with Crippen LogP contribution in [0.2, 0.25) is 0 Å². The number of benzene rings is 2. The van der Waals surface area contributed by atoms with Crippen molar-refractivity contribution in [3.63, 3.8) is 0 Å². The first-order valence-corrected chi connectivity index (χ1v) is 6.68. The topological polar surface area (TPSA) is 102 Å². The molecule has 0 radical (unpaired) electrons. The molecule has 4 N–H and O–H groups in total. The van der Waals surface area contributed by atoms with E-state index in [1.54, 1.807) is 12.1 Å². The Bertz CT molecular complexity index is 849. The molecule has 1 aromatic heterocycles. The predicted octanol–water partition coefficient (Wildman–Crippen LogP) is 2.85. The van der Waals surface area contributed by atoms with Gasteiger partial charge >= 0.3 is 0 Å². The van der Waals surface area contributed by atoms with Gasteiger partial charge in [-0.2, -0.15) is 5.26 Å². The van der Waals surface area contributed by atoms with E-state index in [9.17, 15) is 5.26 Å². The summed E-state index contributed by atoms with van der Waals surface area (Å²) in [4.78, 5) is 8.76. The van der Waals surface area contributed by atoms with Gasteiger partial charge in [0.25, 0.3) is 0 Å². The van der Waals surface area contributed by atoms with E-state index in [4.69, 9.17) is 11.5 Å². The van der Waals surface area contributed by atoms with Crippen molar-refractivity contribution < 1.29 is 0 Å². The van der Waals surface area contributed by atoms with E-state index >= 15 is 0 Å². The number of nitrogens with two attached hydrogens (primary N) is 2. The second-order valence-electron chi connectivity index (χ2n) is 4.76. The number of hydrogen-bond donors (Lipinski definition) is 2. The lowest BCUT2D eigenvalue weighted by Gasteiger charge is -2.09. The van der Waals surface area contributed by atoms with Crippen LogP contribution in [0.3, 0.4) is 0 Å². The summed E-state index contributed by atoms with van der Waals surface area (Å²) in [5.74, 6) is 0.659. The minimum atomic E-state index is 0.170. The highest BCUT2D eigenvalue weighted by Gasteiger charge is 2.14. The van der Waals surface area contributed by atoms with E-state index in [1.807, 2.05) is 42.5 Å². The Labute approximate surface area is 127 Å². The molecular formula is C17H13N5. The van der Waals surface area contributed by atoms with Gasteiger partial charge in [-0.3, -0.25) is 0 Å². The lowest BCUT2D eigenvalue weighted by atomic mass is 10.1. The maximum atomic E-state index is 9.34. The molecule has 0 amide bonds. The molecule has 0 spiro atoms. The third kappa shape index (κ3) is 2.45. The van der Waals surface area contributed by atoms with Gasteiger partial charge in [0.15, 0.2) is 5.82 Å². The van der Waals surface area contributed by atoms with Gasteiger partial charge in [0.05, 0.1) is 5.69 Å². The molecule has 0 saturated heterocycles. The summed E-state index contributed by atoms with van der Waals surface area (Å²) in [6.45, 7) is 0. The molecule has 1 heterocycles. The van der Waals surface area contributed by atoms with Crippen LogP contribution >= 0.6 is 0 Å². The van der Waals surface area contributed by atoms with Crippen molar-refractivity contribution >= 4 is 11.5 Å². The Morgan fingerprint density at radius 2 is 1.50 bits per heavy atom. The van der Waals surface area contributed by atoms with Crippen LogP contribution in [0.4, 0.5) is 11.5 Å². The van der Waals surface area contributed by atoms with Crippen LogP contribution in [0.5, 0.6) is 0 Å². The standard InChI is InChI=1S/C17H13N5/c18-10-14-15(11-6-8-13(19)9-7-11)21-17(22-16(14)20)12-4-2-1-3-5-12/h1-9H,19H2,(H2,20,21,22). The summed E-state index contributed by atoms with van der Waals surface area (Å²) in [6, 6.07) is 18.7. The SMILES string of the molecule is N#Cc1c(N)nc(-c2ccccc2)nc1-c1ccc(N)cc1. The first-order chi connectivity index (χ1) is 10.7. The molecule has 0 atom stereocenters. The maximum absolute atomic E-state index is 9.34. The molecular weight excluding hydrogens is 274 g/mol. The second-order valence-corrected chi connectivity index (χ2v) is 4.76. The van der Waals surface area contributed by atoms with E-state index in [0.717, 1.165) is 11.1 Å². The molecule has 22 heavy (non-hydrogen) atoms. The third-order valence-corrected chi connectivity index (χ3v) is 3.26. The monoisotopic (exact) mass is 287 g/mol. The third-order valence-electron chi connectivity index (χ3n) is 3.26. The van der Waals surface area contributed by atoms with Crippen LogP contribution in [0.25, 0.3) is 22.6 Å². The fourth-order valence-electron chi connectivity index (χ4n) is 2.15. The summed E-state index contributed by atoms with van der Waals surface area (Å²) in [5, 5.41) is 9.34. The van der Waals surface area contributed by atoms with Crippen molar-refractivity contribution in [2.45, 2.75) is 0 Å². The predicted molar refractivity (Wildman–Crippen MR) is 86.4 cm³/mol. The highest BCUT2D eigenvalue weighted by Crippen LogP contribution is 2.28. The van der Waals surface area contributed by atoms with Gasteiger partial charge in [0.2, 0.25) is 0 Å². The fourth-order valence-corrected chi connectivity index (χ4v) is 2.15. The van der Waals surface area contributed by atoms with Crippen molar-refractivity contribution in [2.24, 2.45) is 0 Å². The average molecular weight is 287 g/mol. The number of nitrogens with zero attached hydrogens (tertiary/aromatic N) is 3.